The Kier molecular flexibility index (Phi) is 10.8. The molecule has 0 amide bonds. The lowest BCUT2D eigenvalue weighted by Gasteiger charge is -2.48. The van der Waals surface area contributed by atoms with Gasteiger partial charge in [0, 0.05) is 49.8 Å². The van der Waals surface area contributed by atoms with E-state index >= 15 is 0 Å². The van der Waals surface area contributed by atoms with E-state index in [1.807, 2.05) is 0 Å². The van der Waals surface area contributed by atoms with Crippen LogP contribution in [0.4, 0.5) is 0 Å². The number of aliphatic hydroxyl groups is 1. The van der Waals surface area contributed by atoms with Gasteiger partial charge in [-0.25, -0.2) is 0 Å². The smallest absolute Gasteiger partial charge is 0.187 e. The second kappa shape index (κ2) is 12.6. The van der Waals surface area contributed by atoms with E-state index in [9.17, 15) is 5.11 Å². The number of hydrogen-bond donors (Lipinski definition) is 1. The van der Waals surface area contributed by atoms with Crippen LogP contribution in [0.3, 0.4) is 0 Å². The first-order valence-electron chi connectivity index (χ1n) is 9.64. The van der Waals surface area contributed by atoms with Crippen LogP contribution < -0.4 is 0 Å². The van der Waals surface area contributed by atoms with Crippen molar-refractivity contribution < 1.29 is 52.5 Å². The van der Waals surface area contributed by atoms with Crippen molar-refractivity contribution in [2.24, 2.45) is 0 Å². The first-order chi connectivity index (χ1) is 14.5. The molecule has 1 radical (unpaired) electrons. The molecule has 0 bridgehead atoms. The van der Waals surface area contributed by atoms with Crippen LogP contribution in [0.15, 0.2) is 0 Å². The Balaban J connectivity index is 2.30. The van der Waals surface area contributed by atoms with Gasteiger partial charge in [0.15, 0.2) is 18.7 Å². The molecule has 0 unspecified atom stereocenters. The van der Waals surface area contributed by atoms with Crippen molar-refractivity contribution in [2.75, 3.05) is 63.0 Å². The lowest BCUT2D eigenvalue weighted by molar-refractivity contribution is -0.352. The van der Waals surface area contributed by atoms with Gasteiger partial charge in [-0.1, -0.05) is 0 Å². The standard InChI is InChI=1S/C19H35O11/c1-21-9-11-12(22-2)14(23-3)17(26-6)19(29-11)30-13-10(8-20)28-18(27-7)16(25-5)15(13)24-4/h10,12-20H,8-9H2,1-7H3/t10-,12-,13-,14+,15+,16-,17-,18-,19-/m1/s1. The zero-order valence-electron chi connectivity index (χ0n) is 18.6. The largest absolute Gasteiger partial charge is 0.394 e. The molecule has 2 aliphatic heterocycles. The fourth-order valence-electron chi connectivity index (χ4n) is 3.98. The predicted octanol–water partition coefficient (Wildman–Crippen LogP) is -0.655. The van der Waals surface area contributed by atoms with Gasteiger partial charge in [0.2, 0.25) is 0 Å². The van der Waals surface area contributed by atoms with E-state index in [0.29, 0.717) is 6.10 Å². The minimum absolute atomic E-state index is 0.180. The molecule has 177 valence electrons. The monoisotopic (exact) mass is 439 g/mol. The van der Waals surface area contributed by atoms with E-state index in [1.54, 1.807) is 21.3 Å². The van der Waals surface area contributed by atoms with Crippen LogP contribution in [0.25, 0.3) is 0 Å². The summed E-state index contributed by atoms with van der Waals surface area (Å²) < 4.78 is 56.7. The van der Waals surface area contributed by atoms with Gasteiger partial charge in [0.05, 0.1) is 13.2 Å². The van der Waals surface area contributed by atoms with Crippen LogP contribution in [0, 0.1) is 6.10 Å². The van der Waals surface area contributed by atoms with Gasteiger partial charge in [-0.05, 0) is 0 Å². The van der Waals surface area contributed by atoms with E-state index in [0.717, 1.165) is 0 Å². The average Bonchev–Trinajstić information content (AvgIpc) is 2.77. The predicted molar refractivity (Wildman–Crippen MR) is 102 cm³/mol. The fourth-order valence-corrected chi connectivity index (χ4v) is 3.98. The molecule has 2 aliphatic rings. The molecule has 9 atom stereocenters. The van der Waals surface area contributed by atoms with Crippen LogP contribution >= 0.6 is 0 Å². The summed E-state index contributed by atoms with van der Waals surface area (Å²) in [5.74, 6) is 0. The average molecular weight is 439 g/mol. The number of rotatable bonds is 11. The molecule has 11 heteroatoms. The highest BCUT2D eigenvalue weighted by Gasteiger charge is 2.53. The summed E-state index contributed by atoms with van der Waals surface area (Å²) in [6.07, 6.45) is -5.53. The molecule has 1 N–H and O–H groups in total. The molecule has 0 aromatic heterocycles. The van der Waals surface area contributed by atoms with Crippen molar-refractivity contribution in [2.45, 2.75) is 55.3 Å². The Morgan fingerprint density at radius 3 is 1.77 bits per heavy atom. The molecule has 0 saturated carbocycles. The third-order valence-electron chi connectivity index (χ3n) is 5.40. The summed E-state index contributed by atoms with van der Waals surface area (Å²) in [5.41, 5.74) is 0. The molecule has 11 nitrogen and oxygen atoms in total. The van der Waals surface area contributed by atoms with Crippen molar-refractivity contribution in [1.82, 2.24) is 0 Å². The normalized spacial score (nSPS) is 40.6. The summed E-state index contributed by atoms with van der Waals surface area (Å²) in [7, 11) is 10.7. The Morgan fingerprint density at radius 1 is 0.700 bits per heavy atom. The van der Waals surface area contributed by atoms with Crippen LogP contribution in [0.1, 0.15) is 0 Å². The van der Waals surface area contributed by atoms with Gasteiger partial charge in [0.25, 0.3) is 0 Å². The minimum atomic E-state index is -0.909. The second-order valence-electron chi connectivity index (χ2n) is 6.91. The van der Waals surface area contributed by atoms with Crippen molar-refractivity contribution in [3.63, 3.8) is 0 Å². The number of aliphatic hydroxyl groups excluding tert-OH is 1. The van der Waals surface area contributed by atoms with E-state index in [1.165, 1.54) is 28.4 Å². The van der Waals surface area contributed by atoms with Gasteiger partial charge in [0.1, 0.15) is 42.7 Å². The molecule has 0 aliphatic carbocycles. The van der Waals surface area contributed by atoms with Crippen LogP contribution in [0.2, 0.25) is 0 Å². The van der Waals surface area contributed by atoms with E-state index in [4.69, 9.17) is 47.4 Å². The molecule has 2 heterocycles. The minimum Gasteiger partial charge on any atom is -0.394 e. The van der Waals surface area contributed by atoms with Gasteiger partial charge in [-0.3, -0.25) is 0 Å². The molecule has 2 fully saturated rings. The summed E-state index contributed by atoms with van der Waals surface area (Å²) >= 11 is 0. The molecule has 0 aromatic carbocycles. The van der Waals surface area contributed by atoms with Gasteiger partial charge in [-0.2, -0.15) is 0 Å². The van der Waals surface area contributed by atoms with Gasteiger partial charge < -0.3 is 52.5 Å². The third kappa shape index (κ3) is 5.30. The lowest BCUT2D eigenvalue weighted by atomic mass is 9.96. The first kappa shape index (κ1) is 25.8. The summed E-state index contributed by atoms with van der Waals surface area (Å²) in [5, 5.41) is 9.92. The topological polar surface area (TPSA) is 113 Å². The van der Waals surface area contributed by atoms with Gasteiger partial charge >= 0.3 is 0 Å². The molecule has 2 saturated heterocycles. The first-order valence-corrected chi connectivity index (χ1v) is 9.64. The Bertz CT molecular complexity index is 481. The Hall–Kier alpha value is -0.440. The van der Waals surface area contributed by atoms with E-state index in [-0.39, 0.29) is 13.2 Å². The van der Waals surface area contributed by atoms with Crippen LogP contribution in [-0.2, 0) is 47.4 Å². The van der Waals surface area contributed by atoms with Crippen molar-refractivity contribution >= 4 is 0 Å². The maximum Gasteiger partial charge on any atom is 0.187 e. The molecular formula is C19H35O11. The lowest BCUT2D eigenvalue weighted by Crippen LogP contribution is -2.64. The second-order valence-corrected chi connectivity index (χ2v) is 6.91. The number of ether oxygens (including phenoxy) is 10. The van der Waals surface area contributed by atoms with Gasteiger partial charge in [-0.15, -0.1) is 0 Å². The summed E-state index contributed by atoms with van der Waals surface area (Å²) in [6, 6.07) is 0. The third-order valence-corrected chi connectivity index (χ3v) is 5.40. The zero-order valence-corrected chi connectivity index (χ0v) is 18.6. The maximum absolute atomic E-state index is 9.92. The fraction of sp³-hybridized carbons (Fsp3) is 0.947. The Labute approximate surface area is 177 Å². The molecule has 2 rings (SSSR count). The molecule has 0 aromatic rings. The summed E-state index contributed by atoms with van der Waals surface area (Å²) in [4.78, 5) is 0. The molecular weight excluding hydrogens is 404 g/mol. The highest BCUT2D eigenvalue weighted by atomic mass is 16.8. The van der Waals surface area contributed by atoms with E-state index < -0.39 is 55.3 Å². The molecule has 30 heavy (non-hydrogen) atoms. The van der Waals surface area contributed by atoms with Crippen LogP contribution in [0.5, 0.6) is 0 Å². The Morgan fingerprint density at radius 2 is 1.30 bits per heavy atom. The number of methoxy groups -OCH3 is 7. The van der Waals surface area contributed by atoms with Crippen molar-refractivity contribution in [3.05, 3.63) is 6.10 Å². The zero-order chi connectivity index (χ0) is 22.3. The number of hydrogen-bond acceptors (Lipinski definition) is 11. The SMILES string of the molecule is COC[C]1O[C@H](O[C@H]2[C@H](OC)[C@@H](OC)[C@H](OC)O[C@@H]2CO)[C@H](OC)[C@@H](OC)[C@@H]1OC. The van der Waals surface area contributed by atoms with Crippen molar-refractivity contribution in [3.8, 4) is 0 Å². The molecule has 0 spiro atoms. The highest BCUT2D eigenvalue weighted by Crippen LogP contribution is 2.35. The van der Waals surface area contributed by atoms with E-state index in [2.05, 4.69) is 0 Å². The van der Waals surface area contributed by atoms with Crippen LogP contribution in [-0.4, -0.2) is 123 Å². The van der Waals surface area contributed by atoms with Crippen molar-refractivity contribution in [1.29, 1.82) is 0 Å². The quantitative estimate of drug-likeness (QED) is 0.443. The maximum atomic E-state index is 9.92. The highest BCUT2D eigenvalue weighted by molar-refractivity contribution is 5.03. The summed E-state index contributed by atoms with van der Waals surface area (Å²) in [6.45, 7) is -0.145.